The topological polar surface area (TPSA) is 126 Å². The van der Waals surface area contributed by atoms with Gasteiger partial charge >= 0.3 is 6.18 Å². The van der Waals surface area contributed by atoms with Gasteiger partial charge in [0.05, 0.1) is 29.5 Å². The van der Waals surface area contributed by atoms with Gasteiger partial charge in [-0.25, -0.2) is 4.98 Å². The molecule has 4 aliphatic carbocycles. The number of nitrogens with zero attached hydrogens (tertiary/aromatic N) is 2. The second kappa shape index (κ2) is 12.0. The fourth-order valence-electron chi connectivity index (χ4n) is 7.90. The van der Waals surface area contributed by atoms with Crippen LogP contribution in [0.15, 0.2) is 42.6 Å². The van der Waals surface area contributed by atoms with Crippen molar-refractivity contribution in [1.29, 1.82) is 0 Å². The summed E-state index contributed by atoms with van der Waals surface area (Å²) in [7, 11) is 4.58. The molecule has 10 nitrogen and oxygen atoms in total. The van der Waals surface area contributed by atoms with Crippen LogP contribution >= 0.6 is 0 Å². The largest absolute Gasteiger partial charge is 0.494 e. The van der Waals surface area contributed by atoms with E-state index in [0.29, 0.717) is 40.8 Å². The predicted octanol–water partition coefficient (Wildman–Crippen LogP) is 5.98. The van der Waals surface area contributed by atoms with Crippen LogP contribution in [-0.2, 0) is 11.0 Å². The molecule has 46 heavy (non-hydrogen) atoms. The lowest BCUT2D eigenvalue weighted by Gasteiger charge is -2.59. The summed E-state index contributed by atoms with van der Waals surface area (Å²) >= 11 is 0. The smallest absolute Gasteiger partial charge is 0.421 e. The number of carbonyl (C=O) groups is 2. The molecule has 2 amide bonds. The van der Waals surface area contributed by atoms with Crippen LogP contribution in [0.5, 0.6) is 11.5 Å². The Labute approximate surface area is 264 Å². The minimum Gasteiger partial charge on any atom is -0.494 e. The highest BCUT2D eigenvalue weighted by Crippen LogP contribution is 2.61. The summed E-state index contributed by atoms with van der Waals surface area (Å²) in [5, 5.41) is 11.1. The number of methoxy groups -OCH3 is 1. The summed E-state index contributed by atoms with van der Waals surface area (Å²) in [6.45, 7) is 1.68. The van der Waals surface area contributed by atoms with E-state index in [4.69, 9.17) is 9.47 Å². The molecule has 3 atom stereocenters. The summed E-state index contributed by atoms with van der Waals surface area (Å²) in [6.07, 6.45) is 0.556. The number of ether oxygens (including phenoxy) is 2. The monoisotopic (exact) mass is 638 g/mol. The maximum absolute atomic E-state index is 14.0. The van der Waals surface area contributed by atoms with Crippen LogP contribution in [0.25, 0.3) is 0 Å². The third kappa shape index (κ3) is 5.67. The number of anilines is 4. The highest BCUT2D eigenvalue weighted by molar-refractivity contribution is 6.00. The van der Waals surface area contributed by atoms with Crippen molar-refractivity contribution < 1.29 is 32.2 Å². The fraction of sp³-hybridized carbons (Fsp3) is 0.455. The van der Waals surface area contributed by atoms with Gasteiger partial charge in [-0.15, -0.1) is 0 Å². The van der Waals surface area contributed by atoms with E-state index in [-0.39, 0.29) is 35.1 Å². The second-order valence-electron chi connectivity index (χ2n) is 12.5. The van der Waals surface area contributed by atoms with E-state index < -0.39 is 28.9 Å². The van der Waals surface area contributed by atoms with Crippen molar-refractivity contribution in [3.8, 4) is 11.5 Å². The number of benzene rings is 2. The number of carbonyl (C=O) groups excluding carboxylic acids is 2. The first kappa shape index (κ1) is 31.4. The van der Waals surface area contributed by atoms with Gasteiger partial charge in [0.25, 0.3) is 5.91 Å². The molecule has 4 aliphatic rings. The van der Waals surface area contributed by atoms with Gasteiger partial charge in [-0.2, -0.15) is 18.2 Å². The van der Waals surface area contributed by atoms with Gasteiger partial charge in [-0.3, -0.25) is 9.59 Å². The highest BCUT2D eigenvalue weighted by Gasteiger charge is 2.61. The van der Waals surface area contributed by atoms with Crippen LogP contribution < -0.4 is 30.7 Å². The molecule has 1 aromatic heterocycles. The van der Waals surface area contributed by atoms with Crippen LogP contribution in [0.3, 0.4) is 0 Å². The molecule has 4 fully saturated rings. The Morgan fingerprint density at radius 3 is 2.39 bits per heavy atom. The van der Waals surface area contributed by atoms with Crippen molar-refractivity contribution in [1.82, 2.24) is 20.6 Å². The van der Waals surface area contributed by atoms with E-state index in [1.165, 1.54) is 26.6 Å². The number of para-hydroxylation sites is 1. The van der Waals surface area contributed by atoms with Gasteiger partial charge in [0.15, 0.2) is 0 Å². The van der Waals surface area contributed by atoms with Gasteiger partial charge in [-0.1, -0.05) is 12.1 Å². The number of aromatic nitrogens is 2. The number of alkyl halides is 3. The van der Waals surface area contributed by atoms with Crippen molar-refractivity contribution in [3.05, 3.63) is 59.3 Å². The third-order valence-corrected chi connectivity index (χ3v) is 9.66. The van der Waals surface area contributed by atoms with Crippen molar-refractivity contribution in [2.45, 2.75) is 51.3 Å². The second-order valence-corrected chi connectivity index (χ2v) is 12.5. The Morgan fingerprint density at radius 2 is 1.74 bits per heavy atom. The summed E-state index contributed by atoms with van der Waals surface area (Å²) in [5.74, 6) is 1.17. The number of nitrogens with one attached hydrogen (secondary N) is 4. The molecule has 2 aromatic carbocycles. The highest BCUT2D eigenvalue weighted by atomic mass is 19.4. The first-order valence-electron chi connectivity index (χ1n) is 15.3. The molecule has 4 saturated carbocycles. The van der Waals surface area contributed by atoms with Gasteiger partial charge in [-0.05, 0) is 80.5 Å². The van der Waals surface area contributed by atoms with E-state index in [1.54, 1.807) is 44.3 Å². The first-order chi connectivity index (χ1) is 21.9. The average Bonchev–Trinajstić information content (AvgIpc) is 3.02. The SMILES string of the molecule is CNC(=O)c1cccc(C)c1Nc1nc(Nc2ccc(OC3C4CC5CC(C4)CC3(C(=O)NC)C5)cc2OC)ncc1C(F)(F)F. The molecule has 3 aromatic rings. The van der Waals surface area contributed by atoms with Crippen LogP contribution in [0.1, 0.15) is 53.6 Å². The Kier molecular flexibility index (Phi) is 8.20. The normalized spacial score (nSPS) is 24.7. The molecule has 3 unspecified atom stereocenters. The maximum atomic E-state index is 14.0. The van der Waals surface area contributed by atoms with Crippen LogP contribution in [0, 0.1) is 30.1 Å². The molecule has 0 saturated heterocycles. The Bertz CT molecular complexity index is 1650. The lowest BCUT2D eigenvalue weighted by Crippen LogP contribution is -2.63. The molecule has 4 N–H and O–H groups in total. The van der Waals surface area contributed by atoms with Crippen LogP contribution in [0.2, 0.25) is 0 Å². The molecule has 1 heterocycles. The molecule has 7 rings (SSSR count). The minimum atomic E-state index is -4.77. The number of hydrogen-bond acceptors (Lipinski definition) is 8. The van der Waals surface area contributed by atoms with Crippen LogP contribution in [-0.4, -0.2) is 49.1 Å². The zero-order valence-electron chi connectivity index (χ0n) is 26.0. The lowest BCUT2D eigenvalue weighted by molar-refractivity contribution is -0.170. The van der Waals surface area contributed by atoms with Crippen LogP contribution in [0.4, 0.5) is 36.3 Å². The van der Waals surface area contributed by atoms with Gasteiger partial charge < -0.3 is 30.7 Å². The summed E-state index contributed by atoms with van der Waals surface area (Å²) in [4.78, 5) is 33.8. The van der Waals surface area contributed by atoms with E-state index in [9.17, 15) is 22.8 Å². The number of rotatable bonds is 9. The standard InChI is InChI=1S/C33H37F3N6O4/c1-17-6-5-7-22(29(43)37-2)26(17)41-28-23(33(34,35)36)16-39-31(42-28)40-24-9-8-21(13-25(24)45-4)46-27-20-11-18-10-19(12-20)15-32(27,14-18)30(44)38-3/h5-9,13,16,18-20,27H,10-12,14-15H2,1-4H3,(H,37,43)(H,38,44)(H2,39,40,41,42). The minimum absolute atomic E-state index is 0.0267. The zero-order chi connectivity index (χ0) is 32.8. The fourth-order valence-corrected chi connectivity index (χ4v) is 7.90. The Hall–Kier alpha value is -4.55. The molecule has 244 valence electrons. The number of hydrogen-bond donors (Lipinski definition) is 4. The first-order valence-corrected chi connectivity index (χ1v) is 15.3. The lowest BCUT2D eigenvalue weighted by atomic mass is 9.48. The maximum Gasteiger partial charge on any atom is 0.421 e. The molecule has 4 bridgehead atoms. The summed E-state index contributed by atoms with van der Waals surface area (Å²) in [5.41, 5.74) is -0.361. The number of halogens is 3. The quantitative estimate of drug-likeness (QED) is 0.226. The van der Waals surface area contributed by atoms with Crippen molar-refractivity contribution >= 4 is 35.0 Å². The van der Waals surface area contributed by atoms with Gasteiger partial charge in [0.2, 0.25) is 11.9 Å². The molecule has 0 aliphatic heterocycles. The third-order valence-electron chi connectivity index (χ3n) is 9.66. The Balaban J connectivity index is 1.28. The van der Waals surface area contributed by atoms with E-state index >= 15 is 0 Å². The number of amides is 2. The van der Waals surface area contributed by atoms with Crippen molar-refractivity contribution in [2.24, 2.45) is 23.2 Å². The van der Waals surface area contributed by atoms with E-state index in [0.717, 1.165) is 25.7 Å². The van der Waals surface area contributed by atoms with E-state index in [2.05, 4.69) is 31.2 Å². The summed E-state index contributed by atoms with van der Waals surface area (Å²) < 4.78 is 54.3. The Morgan fingerprint density at radius 1 is 1.00 bits per heavy atom. The van der Waals surface area contributed by atoms with E-state index in [1.807, 2.05) is 0 Å². The molecule has 0 spiro atoms. The predicted molar refractivity (Wildman–Crippen MR) is 166 cm³/mol. The molecule has 13 heteroatoms. The van der Waals surface area contributed by atoms with Gasteiger partial charge in [0.1, 0.15) is 29.0 Å². The number of aryl methyl sites for hydroxylation is 1. The zero-order valence-corrected chi connectivity index (χ0v) is 26.0. The summed E-state index contributed by atoms with van der Waals surface area (Å²) in [6, 6.07) is 9.93. The van der Waals surface area contributed by atoms with Crippen molar-refractivity contribution in [3.63, 3.8) is 0 Å². The van der Waals surface area contributed by atoms with Gasteiger partial charge in [0, 0.05) is 26.4 Å². The van der Waals surface area contributed by atoms with Crippen molar-refractivity contribution in [2.75, 3.05) is 31.8 Å². The molecular formula is C33H37F3N6O4. The molecular weight excluding hydrogens is 601 g/mol. The molecule has 0 radical (unpaired) electrons. The average molecular weight is 639 g/mol.